The molecule has 0 saturated carbocycles. The van der Waals surface area contributed by atoms with E-state index in [-0.39, 0.29) is 29.5 Å². The molecule has 1 atom stereocenters. The van der Waals surface area contributed by atoms with E-state index in [2.05, 4.69) is 20.3 Å². The summed E-state index contributed by atoms with van der Waals surface area (Å²) in [6.07, 6.45) is 0.745. The van der Waals surface area contributed by atoms with Gasteiger partial charge in [-0.25, -0.2) is 23.1 Å². The van der Waals surface area contributed by atoms with Crippen LogP contribution >= 0.6 is 0 Å². The van der Waals surface area contributed by atoms with Crippen LogP contribution in [0, 0.1) is 18.7 Å². The van der Waals surface area contributed by atoms with Crippen molar-refractivity contribution < 1.29 is 18.0 Å². The number of benzene rings is 1. The first-order valence-corrected chi connectivity index (χ1v) is 11.3. The van der Waals surface area contributed by atoms with E-state index in [4.69, 9.17) is 0 Å². The van der Waals surface area contributed by atoms with Gasteiger partial charge < -0.3 is 15.2 Å². The molecule has 3 aromatic rings. The van der Waals surface area contributed by atoms with E-state index in [1.54, 1.807) is 32.0 Å². The Kier molecular flexibility index (Phi) is 6.90. The normalized spacial score (nSPS) is 15.9. The van der Waals surface area contributed by atoms with Gasteiger partial charge in [0.15, 0.2) is 0 Å². The molecule has 1 amide bonds. The molecular weight excluding hydrogens is 459 g/mol. The SMILES string of the molecule is Cc1nc(NCc2cccc(C(F)F)c2F)c2cc(C3=CCC(C(=O)N(C)C)CC3)c(=O)[nH]c2n1. The number of aromatic amines is 1. The third kappa shape index (κ3) is 5.06. The van der Waals surface area contributed by atoms with Crippen molar-refractivity contribution in [1.29, 1.82) is 0 Å². The van der Waals surface area contributed by atoms with Crippen LogP contribution in [0.15, 0.2) is 35.1 Å². The summed E-state index contributed by atoms with van der Waals surface area (Å²) in [6.45, 7) is 1.57. The van der Waals surface area contributed by atoms with Crippen molar-refractivity contribution in [3.63, 3.8) is 0 Å². The fourth-order valence-corrected chi connectivity index (χ4v) is 4.32. The van der Waals surface area contributed by atoms with Crippen molar-refractivity contribution in [1.82, 2.24) is 19.9 Å². The van der Waals surface area contributed by atoms with Gasteiger partial charge in [-0.1, -0.05) is 24.3 Å². The fourth-order valence-electron chi connectivity index (χ4n) is 4.32. The van der Waals surface area contributed by atoms with Gasteiger partial charge in [-0.05, 0) is 37.8 Å². The van der Waals surface area contributed by atoms with E-state index in [1.165, 1.54) is 12.1 Å². The minimum Gasteiger partial charge on any atom is -0.365 e. The molecular formula is C25H26F3N5O2. The quantitative estimate of drug-likeness (QED) is 0.533. The summed E-state index contributed by atoms with van der Waals surface area (Å²) < 4.78 is 40.6. The lowest BCUT2D eigenvalue weighted by atomic mass is 9.86. The number of nitrogens with zero attached hydrogens (tertiary/aromatic N) is 3. The second-order valence-electron chi connectivity index (χ2n) is 8.80. The Morgan fingerprint density at radius 2 is 2.06 bits per heavy atom. The summed E-state index contributed by atoms with van der Waals surface area (Å²) in [5.41, 5.74) is 0.708. The van der Waals surface area contributed by atoms with Gasteiger partial charge in [0.1, 0.15) is 23.1 Å². The van der Waals surface area contributed by atoms with E-state index < -0.39 is 17.8 Å². The molecule has 0 fully saturated rings. The van der Waals surface area contributed by atoms with Crippen molar-refractivity contribution in [2.24, 2.45) is 5.92 Å². The van der Waals surface area contributed by atoms with Gasteiger partial charge in [0.25, 0.3) is 12.0 Å². The van der Waals surface area contributed by atoms with Gasteiger partial charge in [-0.3, -0.25) is 9.59 Å². The zero-order chi connectivity index (χ0) is 25.3. The Hall–Kier alpha value is -3.69. The Bertz CT molecular complexity index is 1370. The molecule has 7 nitrogen and oxygen atoms in total. The standard InChI is InChI=1S/C25H26F3N5O2/c1-13-30-22(29-12-16-5-4-6-17(20(16)26)21(27)28)19-11-18(24(34)32-23(19)31-13)14-7-9-15(10-8-14)25(35)33(2)3/h4-7,11,15,21H,8-10,12H2,1-3H3,(H2,29,30,31,32,34). The molecule has 0 radical (unpaired) electrons. The average Bonchev–Trinajstić information content (AvgIpc) is 2.82. The molecule has 10 heteroatoms. The van der Waals surface area contributed by atoms with Crippen LogP contribution in [0.5, 0.6) is 0 Å². The summed E-state index contributed by atoms with van der Waals surface area (Å²) in [7, 11) is 3.45. The van der Waals surface area contributed by atoms with Crippen molar-refractivity contribution in [3.8, 4) is 0 Å². The number of anilines is 1. The number of amides is 1. The highest BCUT2D eigenvalue weighted by Crippen LogP contribution is 2.31. The summed E-state index contributed by atoms with van der Waals surface area (Å²) in [5, 5.41) is 3.52. The maximum Gasteiger partial charge on any atom is 0.266 e. The van der Waals surface area contributed by atoms with Crippen LogP contribution in [0.25, 0.3) is 16.6 Å². The number of rotatable bonds is 6. The number of allylic oxidation sites excluding steroid dienone is 2. The number of pyridine rings is 1. The van der Waals surface area contributed by atoms with Crippen molar-refractivity contribution in [2.45, 2.75) is 39.2 Å². The monoisotopic (exact) mass is 485 g/mol. The molecule has 1 unspecified atom stereocenters. The van der Waals surface area contributed by atoms with Crippen LogP contribution in [-0.4, -0.2) is 39.9 Å². The maximum absolute atomic E-state index is 14.5. The molecule has 35 heavy (non-hydrogen) atoms. The molecule has 184 valence electrons. The van der Waals surface area contributed by atoms with E-state index in [0.717, 1.165) is 11.6 Å². The molecule has 0 spiro atoms. The molecule has 2 heterocycles. The van der Waals surface area contributed by atoms with E-state index in [9.17, 15) is 22.8 Å². The van der Waals surface area contributed by atoms with E-state index >= 15 is 0 Å². The largest absolute Gasteiger partial charge is 0.365 e. The van der Waals surface area contributed by atoms with Crippen LogP contribution in [-0.2, 0) is 11.3 Å². The predicted molar refractivity (Wildman–Crippen MR) is 128 cm³/mol. The third-order valence-electron chi connectivity index (χ3n) is 6.16. The van der Waals surface area contributed by atoms with Crippen LogP contribution in [0.4, 0.5) is 19.0 Å². The molecule has 4 rings (SSSR count). The Morgan fingerprint density at radius 1 is 1.29 bits per heavy atom. The molecule has 0 bridgehead atoms. The molecule has 1 aliphatic rings. The summed E-state index contributed by atoms with van der Waals surface area (Å²) in [5.74, 6) is -0.286. The molecule has 0 saturated heterocycles. The third-order valence-corrected chi connectivity index (χ3v) is 6.16. The van der Waals surface area contributed by atoms with E-state index in [0.29, 0.717) is 47.5 Å². The lowest BCUT2D eigenvalue weighted by molar-refractivity contribution is -0.133. The minimum atomic E-state index is -2.92. The number of halogens is 3. The average molecular weight is 486 g/mol. The number of fused-ring (bicyclic) bond motifs is 1. The maximum atomic E-state index is 14.5. The first kappa shape index (κ1) is 24.4. The number of carbonyl (C=O) groups excluding carboxylic acids is 1. The Labute approximate surface area is 200 Å². The Morgan fingerprint density at radius 3 is 2.71 bits per heavy atom. The summed E-state index contributed by atoms with van der Waals surface area (Å²) >= 11 is 0. The molecule has 2 aromatic heterocycles. The lowest BCUT2D eigenvalue weighted by Crippen LogP contribution is -2.30. The highest BCUT2D eigenvalue weighted by Gasteiger charge is 2.24. The second-order valence-corrected chi connectivity index (χ2v) is 8.80. The number of carbonyl (C=O) groups is 1. The minimum absolute atomic E-state index is 0.0613. The first-order chi connectivity index (χ1) is 16.7. The predicted octanol–water partition coefficient (Wildman–Crippen LogP) is 4.59. The van der Waals surface area contributed by atoms with Crippen LogP contribution in [0.2, 0.25) is 0 Å². The van der Waals surface area contributed by atoms with Gasteiger partial charge in [-0.15, -0.1) is 0 Å². The van der Waals surface area contributed by atoms with E-state index in [1.807, 2.05) is 6.08 Å². The van der Waals surface area contributed by atoms with Gasteiger partial charge in [0.2, 0.25) is 5.91 Å². The van der Waals surface area contributed by atoms with Gasteiger partial charge >= 0.3 is 0 Å². The van der Waals surface area contributed by atoms with Crippen molar-refractivity contribution >= 4 is 28.3 Å². The number of hydrogen-bond donors (Lipinski definition) is 2. The molecule has 1 aromatic carbocycles. The Balaban J connectivity index is 1.66. The molecule has 1 aliphatic carbocycles. The van der Waals surface area contributed by atoms with Gasteiger partial charge in [0, 0.05) is 37.7 Å². The van der Waals surface area contributed by atoms with Crippen LogP contribution in [0.1, 0.15) is 48.2 Å². The lowest BCUT2D eigenvalue weighted by Gasteiger charge is -2.24. The highest BCUT2D eigenvalue weighted by molar-refractivity contribution is 5.89. The first-order valence-electron chi connectivity index (χ1n) is 11.3. The van der Waals surface area contributed by atoms with Crippen molar-refractivity contribution in [3.05, 3.63) is 69.0 Å². The van der Waals surface area contributed by atoms with Crippen LogP contribution < -0.4 is 10.9 Å². The van der Waals surface area contributed by atoms with Crippen LogP contribution in [0.3, 0.4) is 0 Å². The summed E-state index contributed by atoms with van der Waals surface area (Å²) in [4.78, 5) is 38.1. The zero-order valence-electron chi connectivity index (χ0n) is 19.7. The van der Waals surface area contributed by atoms with Gasteiger partial charge in [-0.2, -0.15) is 0 Å². The summed E-state index contributed by atoms with van der Waals surface area (Å²) in [6, 6.07) is 5.54. The smallest absolute Gasteiger partial charge is 0.266 e. The number of alkyl halides is 2. The highest BCUT2D eigenvalue weighted by atomic mass is 19.3. The molecule has 0 aliphatic heterocycles. The molecule has 2 N–H and O–H groups in total. The number of aryl methyl sites for hydroxylation is 1. The fraction of sp³-hybridized carbons (Fsp3) is 0.360. The topological polar surface area (TPSA) is 91.0 Å². The van der Waals surface area contributed by atoms with Gasteiger partial charge in [0.05, 0.1) is 10.9 Å². The van der Waals surface area contributed by atoms with Crippen molar-refractivity contribution in [2.75, 3.05) is 19.4 Å². The zero-order valence-corrected chi connectivity index (χ0v) is 19.7. The number of nitrogens with one attached hydrogen (secondary N) is 2. The second kappa shape index (κ2) is 9.89. The number of H-pyrrole nitrogens is 1. The number of aromatic nitrogens is 3. The number of hydrogen-bond acceptors (Lipinski definition) is 5.